The van der Waals surface area contributed by atoms with Crippen LogP contribution in [-0.2, 0) is 10.1 Å². The molecule has 0 spiro atoms. The summed E-state index contributed by atoms with van der Waals surface area (Å²) in [6.45, 7) is 0. The minimum absolute atomic E-state index is 0. The van der Waals surface area contributed by atoms with Gasteiger partial charge in [-0.1, -0.05) is 0 Å². The number of alkyl halides is 5. The third kappa shape index (κ3) is 5.78. The third-order valence-electron chi connectivity index (χ3n) is 0.773. The molecule has 0 aliphatic heterocycles. The van der Waals surface area contributed by atoms with E-state index in [9.17, 15) is 34.9 Å². The standard InChI is InChI=1S/C3H3F5O3S.Na/c4-2(5,3(6,7)8)1-12(9,10)11;/h1H2,(H,9,10,11);/q;+1/p-1. The van der Waals surface area contributed by atoms with E-state index in [-0.39, 0.29) is 29.6 Å². The first-order valence-corrected chi connectivity index (χ1v) is 3.91. The molecular formula is C3H2F5NaO3S. The van der Waals surface area contributed by atoms with Crippen LogP contribution in [0.25, 0.3) is 0 Å². The molecule has 0 aliphatic carbocycles. The van der Waals surface area contributed by atoms with Crippen LogP contribution in [0, 0.1) is 0 Å². The summed E-state index contributed by atoms with van der Waals surface area (Å²) in [4.78, 5) is 0. The van der Waals surface area contributed by atoms with E-state index in [0.29, 0.717) is 0 Å². The molecule has 0 heterocycles. The van der Waals surface area contributed by atoms with Gasteiger partial charge in [-0.3, -0.25) is 0 Å². The summed E-state index contributed by atoms with van der Waals surface area (Å²) in [7, 11) is -5.58. The zero-order valence-electron chi connectivity index (χ0n) is 6.23. The zero-order chi connectivity index (χ0) is 10.2. The van der Waals surface area contributed by atoms with Crippen LogP contribution >= 0.6 is 0 Å². The monoisotopic (exact) mass is 236 g/mol. The Balaban J connectivity index is 0. The van der Waals surface area contributed by atoms with Crippen molar-refractivity contribution in [2.24, 2.45) is 0 Å². The van der Waals surface area contributed by atoms with E-state index in [4.69, 9.17) is 0 Å². The van der Waals surface area contributed by atoms with Gasteiger partial charge in [-0.05, 0) is 0 Å². The van der Waals surface area contributed by atoms with Crippen molar-refractivity contribution >= 4 is 10.1 Å². The van der Waals surface area contributed by atoms with E-state index < -0.39 is 28.0 Å². The maximum atomic E-state index is 11.7. The molecule has 13 heavy (non-hydrogen) atoms. The second-order valence-corrected chi connectivity index (χ2v) is 3.31. The molecular weight excluding hydrogens is 234 g/mol. The van der Waals surface area contributed by atoms with Gasteiger partial charge in [0, 0.05) is 0 Å². The van der Waals surface area contributed by atoms with Crippen molar-refractivity contribution in [1.82, 2.24) is 0 Å². The Hall–Kier alpha value is 0.560. The van der Waals surface area contributed by atoms with Gasteiger partial charge in [0.25, 0.3) is 0 Å². The summed E-state index contributed by atoms with van der Waals surface area (Å²) in [6, 6.07) is 0. The van der Waals surface area contributed by atoms with Crippen LogP contribution in [0.2, 0.25) is 0 Å². The summed E-state index contributed by atoms with van der Waals surface area (Å²) in [5, 5.41) is 0. The van der Waals surface area contributed by atoms with E-state index in [1.807, 2.05) is 0 Å². The molecule has 0 fully saturated rings. The molecule has 0 aliphatic rings. The van der Waals surface area contributed by atoms with E-state index in [0.717, 1.165) is 0 Å². The van der Waals surface area contributed by atoms with Crippen LogP contribution in [0.3, 0.4) is 0 Å². The average molecular weight is 236 g/mol. The molecule has 74 valence electrons. The molecule has 0 aromatic carbocycles. The smallest absolute Gasteiger partial charge is 0.748 e. The van der Waals surface area contributed by atoms with Crippen LogP contribution in [0.5, 0.6) is 0 Å². The molecule has 0 bridgehead atoms. The van der Waals surface area contributed by atoms with Gasteiger partial charge in [-0.15, -0.1) is 0 Å². The van der Waals surface area contributed by atoms with Crippen molar-refractivity contribution < 1.29 is 64.5 Å². The summed E-state index contributed by atoms with van der Waals surface area (Å²) < 4.78 is 85.8. The van der Waals surface area contributed by atoms with Gasteiger partial charge in [0.05, 0.1) is 0 Å². The molecule has 0 radical (unpaired) electrons. The number of halogens is 5. The second kappa shape index (κ2) is 4.39. The van der Waals surface area contributed by atoms with E-state index in [1.54, 1.807) is 0 Å². The minimum atomic E-state index is -6.01. The zero-order valence-corrected chi connectivity index (χ0v) is 9.05. The van der Waals surface area contributed by atoms with Crippen molar-refractivity contribution in [3.63, 3.8) is 0 Å². The Kier molecular flexibility index (Phi) is 5.40. The van der Waals surface area contributed by atoms with Crippen molar-refractivity contribution in [3.05, 3.63) is 0 Å². The Labute approximate surface area is 92.3 Å². The SMILES string of the molecule is O=S(=O)([O-])CC(F)(F)C(F)(F)F.[Na+]. The second-order valence-electron chi connectivity index (χ2n) is 1.90. The maximum Gasteiger partial charge on any atom is 1.00 e. The molecule has 0 atom stereocenters. The summed E-state index contributed by atoms with van der Waals surface area (Å²) in [5.74, 6) is -8.24. The first-order valence-electron chi connectivity index (χ1n) is 2.34. The van der Waals surface area contributed by atoms with Crippen molar-refractivity contribution in [2.75, 3.05) is 5.75 Å². The van der Waals surface area contributed by atoms with Gasteiger partial charge in [0.1, 0.15) is 15.9 Å². The van der Waals surface area contributed by atoms with Crippen LogP contribution in [-0.4, -0.2) is 30.8 Å². The van der Waals surface area contributed by atoms with Crippen LogP contribution < -0.4 is 29.6 Å². The normalized spacial score (nSPS) is 13.7. The van der Waals surface area contributed by atoms with E-state index in [2.05, 4.69) is 0 Å². The van der Waals surface area contributed by atoms with Crippen molar-refractivity contribution in [1.29, 1.82) is 0 Å². The first-order chi connectivity index (χ1) is 4.96. The van der Waals surface area contributed by atoms with E-state index in [1.165, 1.54) is 0 Å². The molecule has 0 N–H and O–H groups in total. The Morgan fingerprint density at radius 1 is 1.08 bits per heavy atom. The average Bonchev–Trinajstić information content (AvgIpc) is 1.52. The first kappa shape index (κ1) is 16.0. The van der Waals surface area contributed by atoms with Gasteiger partial charge in [-0.25, -0.2) is 8.42 Å². The molecule has 0 saturated heterocycles. The maximum absolute atomic E-state index is 11.7. The molecule has 0 unspecified atom stereocenters. The van der Waals surface area contributed by atoms with Gasteiger partial charge in [0.15, 0.2) is 0 Å². The molecule has 0 saturated carbocycles. The Morgan fingerprint density at radius 2 is 1.38 bits per heavy atom. The number of hydrogen-bond donors (Lipinski definition) is 0. The quantitative estimate of drug-likeness (QED) is 0.309. The Morgan fingerprint density at radius 3 is 1.46 bits per heavy atom. The third-order valence-corrected chi connectivity index (χ3v) is 1.49. The van der Waals surface area contributed by atoms with E-state index >= 15 is 0 Å². The topological polar surface area (TPSA) is 57.2 Å². The van der Waals surface area contributed by atoms with Crippen LogP contribution in [0.4, 0.5) is 22.0 Å². The van der Waals surface area contributed by atoms with Gasteiger partial charge in [0.2, 0.25) is 0 Å². The molecule has 0 rings (SSSR count). The summed E-state index contributed by atoms with van der Waals surface area (Å²) >= 11 is 0. The minimum Gasteiger partial charge on any atom is -0.748 e. The summed E-state index contributed by atoms with van der Waals surface area (Å²) in [6.07, 6.45) is -6.01. The van der Waals surface area contributed by atoms with Crippen LogP contribution in [0.1, 0.15) is 0 Å². The predicted molar refractivity (Wildman–Crippen MR) is 25.6 cm³/mol. The van der Waals surface area contributed by atoms with Gasteiger partial charge >= 0.3 is 41.7 Å². The Bertz CT molecular complexity index is 257. The van der Waals surface area contributed by atoms with Crippen molar-refractivity contribution in [3.8, 4) is 0 Å². The number of hydrogen-bond acceptors (Lipinski definition) is 3. The fraction of sp³-hybridized carbons (Fsp3) is 1.00. The molecule has 3 nitrogen and oxygen atoms in total. The van der Waals surface area contributed by atoms with Crippen LogP contribution in [0.15, 0.2) is 0 Å². The van der Waals surface area contributed by atoms with Gasteiger partial charge < -0.3 is 4.55 Å². The number of rotatable bonds is 2. The largest absolute Gasteiger partial charge is 1.00 e. The summed E-state index contributed by atoms with van der Waals surface area (Å²) in [5.41, 5.74) is 0. The molecule has 0 aromatic rings. The van der Waals surface area contributed by atoms with Crippen molar-refractivity contribution in [2.45, 2.75) is 12.1 Å². The fourth-order valence-corrected chi connectivity index (χ4v) is 0.912. The van der Waals surface area contributed by atoms with Gasteiger partial charge in [-0.2, -0.15) is 22.0 Å². The fourth-order valence-electron chi connectivity index (χ4n) is 0.304. The molecule has 0 aromatic heterocycles. The molecule has 10 heteroatoms. The molecule has 0 amide bonds. The predicted octanol–water partition coefficient (Wildman–Crippen LogP) is -2.27.